The Hall–Kier alpha value is -1.26. The van der Waals surface area contributed by atoms with Crippen LogP contribution in [0.1, 0.15) is 39.7 Å². The molecule has 4 heteroatoms. The number of nitrogens with two attached hydrogens (primary N) is 1. The monoisotopic (exact) mass is 293 g/mol. The molecule has 0 aliphatic heterocycles. The summed E-state index contributed by atoms with van der Waals surface area (Å²) >= 11 is 0. The minimum Gasteiger partial charge on any atom is -0.497 e. The summed E-state index contributed by atoms with van der Waals surface area (Å²) in [5.41, 5.74) is 7.12. The van der Waals surface area contributed by atoms with E-state index in [0.29, 0.717) is 6.61 Å². The van der Waals surface area contributed by atoms with Crippen LogP contribution in [0.4, 0.5) is 0 Å². The Morgan fingerprint density at radius 1 is 1.29 bits per heavy atom. The molecule has 2 N–H and O–H groups in total. The third kappa shape index (κ3) is 3.50. The van der Waals surface area contributed by atoms with Crippen molar-refractivity contribution < 1.29 is 14.2 Å². The molecule has 118 valence electrons. The van der Waals surface area contributed by atoms with Gasteiger partial charge in [0.05, 0.1) is 7.11 Å². The number of methoxy groups -OCH3 is 1. The topological polar surface area (TPSA) is 53.7 Å². The van der Waals surface area contributed by atoms with Crippen LogP contribution in [-0.4, -0.2) is 32.0 Å². The van der Waals surface area contributed by atoms with Crippen LogP contribution in [0, 0.1) is 0 Å². The summed E-state index contributed by atoms with van der Waals surface area (Å²) in [6.45, 7) is 9.15. The molecule has 0 bridgehead atoms. The van der Waals surface area contributed by atoms with Crippen molar-refractivity contribution in [2.45, 2.75) is 57.8 Å². The van der Waals surface area contributed by atoms with E-state index in [-0.39, 0.29) is 23.7 Å². The summed E-state index contributed by atoms with van der Waals surface area (Å²) in [5, 5.41) is 0. The molecular formula is C17H27NO3. The number of rotatable bonds is 5. The number of benzene rings is 1. The molecule has 2 rings (SSSR count). The van der Waals surface area contributed by atoms with Crippen LogP contribution in [0.2, 0.25) is 0 Å². The molecule has 0 spiro atoms. The highest BCUT2D eigenvalue weighted by molar-refractivity contribution is 5.44. The lowest BCUT2D eigenvalue weighted by Crippen LogP contribution is -2.59. The second-order valence-electron chi connectivity index (χ2n) is 6.59. The van der Waals surface area contributed by atoms with Crippen molar-refractivity contribution in [3.05, 3.63) is 23.8 Å². The van der Waals surface area contributed by atoms with Crippen molar-refractivity contribution >= 4 is 0 Å². The Bertz CT molecular complexity index is 481. The van der Waals surface area contributed by atoms with Crippen molar-refractivity contribution in [3.63, 3.8) is 0 Å². The van der Waals surface area contributed by atoms with Crippen molar-refractivity contribution in [2.24, 2.45) is 5.73 Å². The second-order valence-corrected chi connectivity index (χ2v) is 6.59. The lowest BCUT2D eigenvalue weighted by atomic mass is 9.84. The van der Waals surface area contributed by atoms with E-state index in [4.69, 9.17) is 19.9 Å². The standard InChI is InChI=1S/C17H27NO3/c1-6-20-16-13(18)10-15(16)21-14-8-7-11(19-5)9-12(14)17(2,3)4/h7-9,13,15-16H,6,10,18H2,1-5H3. The summed E-state index contributed by atoms with van der Waals surface area (Å²) in [6, 6.07) is 6.03. The molecule has 1 aliphatic rings. The van der Waals surface area contributed by atoms with E-state index in [1.807, 2.05) is 25.1 Å². The Kier molecular flexibility index (Phi) is 4.79. The zero-order valence-electron chi connectivity index (χ0n) is 13.7. The largest absolute Gasteiger partial charge is 0.497 e. The van der Waals surface area contributed by atoms with Gasteiger partial charge in [0.1, 0.15) is 23.7 Å². The van der Waals surface area contributed by atoms with Crippen LogP contribution in [0.3, 0.4) is 0 Å². The Morgan fingerprint density at radius 2 is 2.00 bits per heavy atom. The van der Waals surface area contributed by atoms with Crippen LogP contribution in [0.5, 0.6) is 11.5 Å². The Labute approximate surface area is 127 Å². The highest BCUT2D eigenvalue weighted by Crippen LogP contribution is 2.37. The zero-order chi connectivity index (χ0) is 15.6. The van der Waals surface area contributed by atoms with Crippen molar-refractivity contribution in [1.82, 2.24) is 0 Å². The molecule has 21 heavy (non-hydrogen) atoms. The van der Waals surface area contributed by atoms with E-state index >= 15 is 0 Å². The normalized spacial score (nSPS) is 25.3. The summed E-state index contributed by atoms with van der Waals surface area (Å²) in [7, 11) is 1.68. The zero-order valence-corrected chi connectivity index (χ0v) is 13.7. The molecule has 1 aromatic rings. The molecule has 4 nitrogen and oxygen atoms in total. The average Bonchev–Trinajstić information content (AvgIpc) is 2.43. The van der Waals surface area contributed by atoms with E-state index in [2.05, 4.69) is 20.8 Å². The van der Waals surface area contributed by atoms with Gasteiger partial charge < -0.3 is 19.9 Å². The fraction of sp³-hybridized carbons (Fsp3) is 0.647. The minimum atomic E-state index is -0.0170. The molecular weight excluding hydrogens is 266 g/mol. The van der Waals surface area contributed by atoms with Crippen LogP contribution in [0.15, 0.2) is 18.2 Å². The van der Waals surface area contributed by atoms with Gasteiger partial charge >= 0.3 is 0 Å². The van der Waals surface area contributed by atoms with Crippen LogP contribution >= 0.6 is 0 Å². The summed E-state index contributed by atoms with van der Waals surface area (Å²) in [5.74, 6) is 1.74. The van der Waals surface area contributed by atoms with Crippen molar-refractivity contribution in [3.8, 4) is 11.5 Å². The van der Waals surface area contributed by atoms with Gasteiger partial charge in [-0.1, -0.05) is 20.8 Å². The van der Waals surface area contributed by atoms with E-state index in [0.717, 1.165) is 23.5 Å². The summed E-state index contributed by atoms with van der Waals surface area (Å²) < 4.78 is 17.2. The van der Waals surface area contributed by atoms with E-state index in [9.17, 15) is 0 Å². The molecule has 0 amide bonds. The second kappa shape index (κ2) is 6.24. The molecule has 1 saturated carbocycles. The highest BCUT2D eigenvalue weighted by Gasteiger charge is 2.42. The fourth-order valence-corrected chi connectivity index (χ4v) is 2.64. The van der Waals surface area contributed by atoms with E-state index < -0.39 is 0 Å². The molecule has 0 radical (unpaired) electrons. The maximum absolute atomic E-state index is 6.18. The lowest BCUT2D eigenvalue weighted by Gasteiger charge is -2.42. The molecule has 0 saturated heterocycles. The average molecular weight is 293 g/mol. The minimum absolute atomic E-state index is 0.00933. The van der Waals surface area contributed by atoms with Gasteiger partial charge in [-0.3, -0.25) is 0 Å². The van der Waals surface area contributed by atoms with Crippen LogP contribution < -0.4 is 15.2 Å². The molecule has 1 aromatic carbocycles. The summed E-state index contributed by atoms with van der Waals surface area (Å²) in [6.07, 6.45) is 0.861. The van der Waals surface area contributed by atoms with Crippen molar-refractivity contribution in [2.75, 3.05) is 13.7 Å². The van der Waals surface area contributed by atoms with Gasteiger partial charge in [-0.25, -0.2) is 0 Å². The SMILES string of the molecule is CCOC1C(N)CC1Oc1ccc(OC)cc1C(C)(C)C. The molecule has 1 fully saturated rings. The van der Waals surface area contributed by atoms with E-state index in [1.165, 1.54) is 0 Å². The molecule has 1 aliphatic carbocycles. The van der Waals surface area contributed by atoms with Gasteiger partial charge in [0.2, 0.25) is 0 Å². The molecule has 0 heterocycles. The van der Waals surface area contributed by atoms with Gasteiger partial charge in [0, 0.05) is 24.6 Å². The van der Waals surface area contributed by atoms with Gasteiger partial charge in [-0.15, -0.1) is 0 Å². The predicted octanol–water partition coefficient (Wildman–Crippen LogP) is 2.88. The number of hydrogen-bond donors (Lipinski definition) is 1. The highest BCUT2D eigenvalue weighted by atomic mass is 16.5. The molecule has 3 atom stereocenters. The van der Waals surface area contributed by atoms with Gasteiger partial charge in [-0.2, -0.15) is 0 Å². The van der Waals surface area contributed by atoms with E-state index in [1.54, 1.807) is 7.11 Å². The van der Waals surface area contributed by atoms with Crippen molar-refractivity contribution in [1.29, 1.82) is 0 Å². The van der Waals surface area contributed by atoms with Gasteiger partial charge in [0.15, 0.2) is 0 Å². The maximum atomic E-state index is 6.18. The maximum Gasteiger partial charge on any atom is 0.128 e. The van der Waals surface area contributed by atoms with Crippen LogP contribution in [0.25, 0.3) is 0 Å². The first-order chi connectivity index (χ1) is 9.86. The first-order valence-corrected chi connectivity index (χ1v) is 7.59. The first kappa shape index (κ1) is 16.1. The fourth-order valence-electron chi connectivity index (χ4n) is 2.64. The van der Waals surface area contributed by atoms with Crippen LogP contribution in [-0.2, 0) is 10.2 Å². The number of ether oxygens (including phenoxy) is 3. The third-order valence-corrected chi connectivity index (χ3v) is 3.93. The molecule has 3 unspecified atom stereocenters. The van der Waals surface area contributed by atoms with Gasteiger partial charge in [-0.05, 0) is 30.5 Å². The van der Waals surface area contributed by atoms with Gasteiger partial charge in [0.25, 0.3) is 0 Å². The summed E-state index contributed by atoms with van der Waals surface area (Å²) in [4.78, 5) is 0. The number of hydrogen-bond acceptors (Lipinski definition) is 4. The lowest BCUT2D eigenvalue weighted by molar-refractivity contribution is -0.0949. The first-order valence-electron chi connectivity index (χ1n) is 7.59. The smallest absolute Gasteiger partial charge is 0.128 e. The quantitative estimate of drug-likeness (QED) is 0.907. The third-order valence-electron chi connectivity index (χ3n) is 3.93. The molecule has 0 aromatic heterocycles. The Morgan fingerprint density at radius 3 is 2.52 bits per heavy atom. The Balaban J connectivity index is 2.20. The predicted molar refractivity (Wildman–Crippen MR) is 84.1 cm³/mol.